The molecule has 0 bridgehead atoms. The number of amides is 1. The molecule has 0 aromatic carbocycles. The van der Waals surface area contributed by atoms with Gasteiger partial charge in [0.15, 0.2) is 11.6 Å². The summed E-state index contributed by atoms with van der Waals surface area (Å²) in [5.41, 5.74) is 2.06. The summed E-state index contributed by atoms with van der Waals surface area (Å²) in [5, 5.41) is 2.83. The molecule has 1 saturated heterocycles. The van der Waals surface area contributed by atoms with Crippen molar-refractivity contribution in [3.05, 3.63) is 23.6 Å². The van der Waals surface area contributed by atoms with Crippen LogP contribution in [0.4, 0.5) is 10.2 Å². The number of pyridine rings is 1. The number of ether oxygens (including phenoxy) is 1. The number of hydrogen-bond acceptors (Lipinski definition) is 5. The van der Waals surface area contributed by atoms with E-state index >= 15 is 0 Å². The van der Waals surface area contributed by atoms with Gasteiger partial charge < -0.3 is 15.5 Å². The molecule has 1 aliphatic heterocycles. The summed E-state index contributed by atoms with van der Waals surface area (Å²) in [5.74, 6) is 4.15. The van der Waals surface area contributed by atoms with Gasteiger partial charge in [0.1, 0.15) is 0 Å². The van der Waals surface area contributed by atoms with Gasteiger partial charge in [0, 0.05) is 25.5 Å². The van der Waals surface area contributed by atoms with Crippen LogP contribution in [0, 0.1) is 11.7 Å². The van der Waals surface area contributed by atoms with E-state index in [1.165, 1.54) is 12.3 Å². The first kappa shape index (κ1) is 14.7. The summed E-state index contributed by atoms with van der Waals surface area (Å²) in [6, 6.07) is 1.30. The first-order chi connectivity index (χ1) is 9.63. The molecule has 0 aliphatic carbocycles. The Bertz CT molecular complexity index is 477. The van der Waals surface area contributed by atoms with E-state index in [1.807, 2.05) is 6.92 Å². The molecular weight excluding hydrogens is 263 g/mol. The maximum atomic E-state index is 13.9. The number of hydrazine groups is 1. The third-order valence-electron chi connectivity index (χ3n) is 3.60. The molecule has 1 fully saturated rings. The van der Waals surface area contributed by atoms with Crippen LogP contribution < -0.4 is 16.6 Å². The molecule has 2 heterocycles. The van der Waals surface area contributed by atoms with Crippen molar-refractivity contribution < 1.29 is 13.9 Å². The molecule has 1 aromatic rings. The van der Waals surface area contributed by atoms with Gasteiger partial charge in [0.05, 0.1) is 5.56 Å². The third kappa shape index (κ3) is 3.23. The van der Waals surface area contributed by atoms with Crippen molar-refractivity contribution in [3.8, 4) is 0 Å². The van der Waals surface area contributed by atoms with Crippen LogP contribution in [0.5, 0.6) is 0 Å². The van der Waals surface area contributed by atoms with Crippen LogP contribution in [0.25, 0.3) is 0 Å². The number of nitrogens with two attached hydrogens (primary N) is 1. The van der Waals surface area contributed by atoms with Crippen LogP contribution in [0.3, 0.4) is 0 Å². The molecule has 20 heavy (non-hydrogen) atoms. The molecule has 2 rings (SSSR count). The van der Waals surface area contributed by atoms with E-state index in [-0.39, 0.29) is 17.4 Å². The molecule has 0 radical (unpaired) electrons. The highest BCUT2D eigenvalue weighted by Gasteiger charge is 2.24. The number of nitrogens with one attached hydrogen (secondary N) is 2. The minimum Gasteiger partial charge on any atom is -0.381 e. The van der Waals surface area contributed by atoms with Gasteiger partial charge in [-0.15, -0.1) is 0 Å². The molecule has 1 amide bonds. The Balaban J connectivity index is 2.04. The van der Waals surface area contributed by atoms with E-state index in [4.69, 9.17) is 10.6 Å². The fraction of sp³-hybridized carbons (Fsp3) is 0.538. The fourth-order valence-electron chi connectivity index (χ4n) is 2.34. The Labute approximate surface area is 116 Å². The molecule has 0 saturated carbocycles. The maximum Gasteiger partial charge on any atom is 0.254 e. The Kier molecular flexibility index (Phi) is 4.86. The van der Waals surface area contributed by atoms with E-state index < -0.39 is 11.7 Å². The molecule has 4 N–H and O–H groups in total. The first-order valence-electron chi connectivity index (χ1n) is 6.63. The summed E-state index contributed by atoms with van der Waals surface area (Å²) < 4.78 is 19.2. The zero-order valence-corrected chi connectivity index (χ0v) is 11.4. The number of aromatic nitrogens is 1. The van der Waals surface area contributed by atoms with Crippen molar-refractivity contribution in [1.29, 1.82) is 0 Å². The highest BCUT2D eigenvalue weighted by molar-refractivity contribution is 5.95. The van der Waals surface area contributed by atoms with Crippen molar-refractivity contribution in [3.63, 3.8) is 0 Å². The van der Waals surface area contributed by atoms with Crippen molar-refractivity contribution >= 4 is 11.7 Å². The van der Waals surface area contributed by atoms with E-state index in [0.29, 0.717) is 19.1 Å². The summed E-state index contributed by atoms with van der Waals surface area (Å²) >= 11 is 0. The van der Waals surface area contributed by atoms with E-state index in [0.717, 1.165) is 12.8 Å². The van der Waals surface area contributed by atoms with Crippen LogP contribution in [-0.4, -0.2) is 30.1 Å². The predicted molar refractivity (Wildman–Crippen MR) is 72.5 cm³/mol. The normalized spacial score (nSPS) is 17.6. The summed E-state index contributed by atoms with van der Waals surface area (Å²) in [6.07, 6.45) is 3.14. The van der Waals surface area contributed by atoms with Gasteiger partial charge in [-0.1, -0.05) is 0 Å². The van der Waals surface area contributed by atoms with Gasteiger partial charge >= 0.3 is 0 Å². The van der Waals surface area contributed by atoms with Crippen LogP contribution in [-0.2, 0) is 4.74 Å². The SMILES string of the molecule is CC(NC(=O)c1ccnc(NN)c1F)C1CCOCC1. The van der Waals surface area contributed by atoms with Crippen LogP contribution in [0.1, 0.15) is 30.1 Å². The van der Waals surface area contributed by atoms with Crippen molar-refractivity contribution in [2.24, 2.45) is 11.8 Å². The lowest BCUT2D eigenvalue weighted by atomic mass is 9.93. The van der Waals surface area contributed by atoms with Gasteiger partial charge in [0.25, 0.3) is 5.91 Å². The molecule has 1 atom stereocenters. The number of halogens is 1. The monoisotopic (exact) mass is 282 g/mol. The molecule has 1 unspecified atom stereocenters. The lowest BCUT2D eigenvalue weighted by Crippen LogP contribution is -2.40. The number of hydrogen-bond donors (Lipinski definition) is 3. The van der Waals surface area contributed by atoms with Gasteiger partial charge in [0.2, 0.25) is 0 Å². The van der Waals surface area contributed by atoms with Crippen LogP contribution >= 0.6 is 0 Å². The van der Waals surface area contributed by atoms with Crippen LogP contribution in [0.15, 0.2) is 12.3 Å². The Morgan fingerprint density at radius 2 is 2.25 bits per heavy atom. The molecule has 6 nitrogen and oxygen atoms in total. The lowest BCUT2D eigenvalue weighted by Gasteiger charge is -2.28. The minimum absolute atomic E-state index is 0.0340. The van der Waals surface area contributed by atoms with Crippen molar-refractivity contribution in [2.75, 3.05) is 18.6 Å². The maximum absolute atomic E-state index is 13.9. The van der Waals surface area contributed by atoms with Crippen molar-refractivity contribution in [1.82, 2.24) is 10.3 Å². The van der Waals surface area contributed by atoms with E-state index in [1.54, 1.807) is 0 Å². The summed E-state index contributed by atoms with van der Waals surface area (Å²) in [6.45, 7) is 3.33. The number of carbonyl (C=O) groups is 1. The second kappa shape index (κ2) is 6.62. The van der Waals surface area contributed by atoms with E-state index in [9.17, 15) is 9.18 Å². The number of anilines is 1. The smallest absolute Gasteiger partial charge is 0.254 e. The van der Waals surface area contributed by atoms with Crippen LogP contribution in [0.2, 0.25) is 0 Å². The molecule has 1 aliphatic rings. The Morgan fingerprint density at radius 1 is 1.55 bits per heavy atom. The second-order valence-electron chi connectivity index (χ2n) is 4.88. The molecule has 0 spiro atoms. The Hall–Kier alpha value is -1.73. The number of rotatable bonds is 4. The van der Waals surface area contributed by atoms with Gasteiger partial charge in [-0.25, -0.2) is 15.2 Å². The highest BCUT2D eigenvalue weighted by atomic mass is 19.1. The zero-order valence-electron chi connectivity index (χ0n) is 11.4. The minimum atomic E-state index is -0.744. The standard InChI is InChI=1S/C13H19FN4O2/c1-8(9-3-6-20-7-4-9)17-13(19)10-2-5-16-12(18-15)11(10)14/h2,5,8-9H,3-4,6-7,15H2,1H3,(H,16,18)(H,17,19). The molecule has 110 valence electrons. The molecule has 7 heteroatoms. The number of nitrogen functional groups attached to an aromatic ring is 1. The largest absolute Gasteiger partial charge is 0.381 e. The van der Waals surface area contributed by atoms with E-state index in [2.05, 4.69) is 15.7 Å². The molecular formula is C13H19FN4O2. The molecule has 1 aromatic heterocycles. The lowest BCUT2D eigenvalue weighted by molar-refractivity contribution is 0.0537. The predicted octanol–water partition coefficient (Wildman–Crippen LogP) is 1.05. The fourth-order valence-corrected chi connectivity index (χ4v) is 2.34. The highest BCUT2D eigenvalue weighted by Crippen LogP contribution is 2.20. The Morgan fingerprint density at radius 3 is 2.90 bits per heavy atom. The third-order valence-corrected chi connectivity index (χ3v) is 3.60. The number of carbonyl (C=O) groups excluding carboxylic acids is 1. The van der Waals surface area contributed by atoms with Gasteiger partial charge in [-0.2, -0.15) is 0 Å². The topological polar surface area (TPSA) is 89.3 Å². The summed E-state index contributed by atoms with van der Waals surface area (Å²) in [7, 11) is 0. The quantitative estimate of drug-likeness (QED) is 0.567. The second-order valence-corrected chi connectivity index (χ2v) is 4.88. The van der Waals surface area contributed by atoms with Gasteiger partial charge in [-0.3, -0.25) is 4.79 Å². The summed E-state index contributed by atoms with van der Waals surface area (Å²) in [4.78, 5) is 15.8. The number of nitrogens with zero attached hydrogens (tertiary/aromatic N) is 1. The first-order valence-corrected chi connectivity index (χ1v) is 6.63. The van der Waals surface area contributed by atoms with Gasteiger partial charge in [-0.05, 0) is 31.7 Å². The average Bonchev–Trinajstić information content (AvgIpc) is 2.48. The van der Waals surface area contributed by atoms with Crippen molar-refractivity contribution in [2.45, 2.75) is 25.8 Å². The zero-order chi connectivity index (χ0) is 14.5. The average molecular weight is 282 g/mol.